The normalized spacial score (nSPS) is 11.6. The third kappa shape index (κ3) is 7.04. The van der Waals surface area contributed by atoms with E-state index < -0.39 is 0 Å². The van der Waals surface area contributed by atoms with Gasteiger partial charge in [0, 0.05) is 18.0 Å². The highest BCUT2D eigenvalue weighted by molar-refractivity contribution is 5.98. The molecule has 0 bridgehead atoms. The summed E-state index contributed by atoms with van der Waals surface area (Å²) in [5.41, 5.74) is 2.99. The minimum atomic E-state index is -0.0956. The van der Waals surface area contributed by atoms with Crippen LogP contribution in [0.5, 0.6) is 5.75 Å². The van der Waals surface area contributed by atoms with Crippen LogP contribution < -0.4 is 4.74 Å². The molecule has 3 rings (SSSR count). The molecule has 0 saturated heterocycles. The first-order chi connectivity index (χ1) is 13.6. The van der Waals surface area contributed by atoms with E-state index in [1.807, 2.05) is 86.9 Å². The van der Waals surface area contributed by atoms with Crippen LogP contribution in [-0.2, 0) is 13.0 Å². The second-order valence-electron chi connectivity index (χ2n) is 7.32. The van der Waals surface area contributed by atoms with Crippen LogP contribution in [0.1, 0.15) is 21.5 Å². The monoisotopic (exact) mass is 409 g/mol. The summed E-state index contributed by atoms with van der Waals surface area (Å²) in [6.07, 6.45) is 0.729. The molecule has 3 nitrogen and oxygen atoms in total. The Kier molecular flexibility index (Phi) is 8.91. The van der Waals surface area contributed by atoms with Crippen molar-refractivity contribution in [3.63, 3.8) is 0 Å². The van der Waals surface area contributed by atoms with Crippen LogP contribution in [0.25, 0.3) is 0 Å². The highest BCUT2D eigenvalue weighted by atomic mass is 35.5. The summed E-state index contributed by atoms with van der Waals surface area (Å²) in [4.78, 5) is 15.3. The molecule has 0 amide bonds. The molecular formula is C25H28ClNO2. The van der Waals surface area contributed by atoms with Crippen LogP contribution in [-0.4, -0.2) is 31.3 Å². The number of hydrogen-bond acceptors (Lipinski definition) is 3. The van der Waals surface area contributed by atoms with Crippen LogP contribution in [0.15, 0.2) is 84.9 Å². The zero-order chi connectivity index (χ0) is 19.8. The smallest absolute Gasteiger partial charge is 0.167 e. The van der Waals surface area contributed by atoms with E-state index in [4.69, 9.17) is 4.74 Å². The summed E-state index contributed by atoms with van der Waals surface area (Å²) in [6, 6.07) is 27.8. The number of rotatable bonds is 9. The highest BCUT2D eigenvalue weighted by Crippen LogP contribution is 2.20. The highest BCUT2D eigenvalue weighted by Gasteiger charge is 2.21. The molecule has 29 heavy (non-hydrogen) atoms. The first kappa shape index (κ1) is 22.7. The molecule has 0 aliphatic rings. The maximum atomic E-state index is 13.2. The first-order valence-corrected chi connectivity index (χ1v) is 9.61. The van der Waals surface area contributed by atoms with E-state index in [1.54, 1.807) is 0 Å². The second-order valence-corrected chi connectivity index (χ2v) is 7.32. The summed E-state index contributed by atoms with van der Waals surface area (Å²) in [6.45, 7) is 1.20. The zero-order valence-corrected chi connectivity index (χ0v) is 17.8. The lowest BCUT2D eigenvalue weighted by Gasteiger charge is -2.20. The molecule has 0 heterocycles. The van der Waals surface area contributed by atoms with Gasteiger partial charge >= 0.3 is 0 Å². The Labute approximate surface area is 179 Å². The molecule has 0 aromatic heterocycles. The van der Waals surface area contributed by atoms with Crippen molar-refractivity contribution in [2.45, 2.75) is 13.0 Å². The Bertz CT molecular complexity index is 882. The zero-order valence-electron chi connectivity index (χ0n) is 17.0. The van der Waals surface area contributed by atoms with E-state index in [9.17, 15) is 4.79 Å². The molecule has 0 unspecified atom stereocenters. The van der Waals surface area contributed by atoms with Gasteiger partial charge in [0.1, 0.15) is 12.4 Å². The van der Waals surface area contributed by atoms with Crippen LogP contribution in [0.2, 0.25) is 0 Å². The van der Waals surface area contributed by atoms with Crippen molar-refractivity contribution < 1.29 is 9.53 Å². The number of benzene rings is 3. The molecular weight excluding hydrogens is 382 g/mol. The lowest BCUT2D eigenvalue weighted by Crippen LogP contribution is -2.29. The summed E-state index contributed by atoms with van der Waals surface area (Å²) >= 11 is 0. The van der Waals surface area contributed by atoms with Crippen LogP contribution in [0.3, 0.4) is 0 Å². The average molecular weight is 410 g/mol. The van der Waals surface area contributed by atoms with Gasteiger partial charge < -0.3 is 9.64 Å². The summed E-state index contributed by atoms with van der Waals surface area (Å²) in [5.74, 6) is 0.780. The lowest BCUT2D eigenvalue weighted by atomic mass is 9.91. The molecule has 0 radical (unpaired) electrons. The van der Waals surface area contributed by atoms with Crippen molar-refractivity contribution in [1.29, 1.82) is 0 Å². The Morgan fingerprint density at radius 3 is 2.10 bits per heavy atom. The molecule has 0 saturated carbocycles. The number of carbonyl (C=O) groups excluding carboxylic acids is 1. The minimum Gasteiger partial charge on any atom is -0.489 e. The topological polar surface area (TPSA) is 29.5 Å². The van der Waals surface area contributed by atoms with Gasteiger partial charge in [0.2, 0.25) is 0 Å². The molecule has 1 atom stereocenters. The van der Waals surface area contributed by atoms with Gasteiger partial charge in [-0.2, -0.15) is 0 Å². The maximum absolute atomic E-state index is 13.2. The standard InChI is InChI=1S/C25H27NO2.ClH/c1-26(2)18-23(16-20-10-5-3-6-11-20)25(27)22-14-9-15-24(17-22)28-19-21-12-7-4-8-13-21;/h3-15,17,23H,16,18-19H2,1-2H3;1H/t23-;/m0./s1. The molecule has 152 valence electrons. The van der Waals surface area contributed by atoms with Crippen LogP contribution in [0.4, 0.5) is 0 Å². The number of carbonyl (C=O) groups is 1. The summed E-state index contributed by atoms with van der Waals surface area (Å²) in [5, 5.41) is 0. The molecule has 0 spiro atoms. The van der Waals surface area contributed by atoms with Crippen molar-refractivity contribution in [3.05, 3.63) is 102 Å². The molecule has 0 N–H and O–H groups in total. The second kappa shape index (κ2) is 11.4. The molecule has 0 fully saturated rings. The molecule has 3 aromatic rings. The number of hydrogen-bond donors (Lipinski definition) is 0. The fraction of sp³-hybridized carbons (Fsp3) is 0.240. The van der Waals surface area contributed by atoms with Crippen molar-refractivity contribution in [3.8, 4) is 5.75 Å². The predicted molar refractivity (Wildman–Crippen MR) is 121 cm³/mol. The summed E-state index contributed by atoms with van der Waals surface area (Å²) in [7, 11) is 4.01. The Morgan fingerprint density at radius 1 is 0.862 bits per heavy atom. The van der Waals surface area contributed by atoms with Crippen molar-refractivity contribution in [2.24, 2.45) is 5.92 Å². The third-order valence-electron chi connectivity index (χ3n) is 4.65. The van der Waals surface area contributed by atoms with Gasteiger partial charge in [-0.25, -0.2) is 0 Å². The quantitative estimate of drug-likeness (QED) is 0.449. The van der Waals surface area contributed by atoms with E-state index in [0.717, 1.165) is 17.7 Å². The predicted octanol–water partition coefficient (Wildman–Crippen LogP) is 5.29. The maximum Gasteiger partial charge on any atom is 0.167 e. The van der Waals surface area contributed by atoms with Gasteiger partial charge in [0.25, 0.3) is 0 Å². The molecule has 0 aliphatic carbocycles. The SMILES string of the molecule is CN(C)C[C@H](Cc1ccccc1)C(=O)c1cccc(OCc2ccccc2)c1.Cl. The van der Waals surface area contributed by atoms with Gasteiger partial charge in [-0.3, -0.25) is 4.79 Å². The van der Waals surface area contributed by atoms with Gasteiger partial charge in [-0.15, -0.1) is 12.4 Å². The van der Waals surface area contributed by atoms with Crippen LogP contribution >= 0.6 is 12.4 Å². The van der Waals surface area contributed by atoms with Gasteiger partial charge in [-0.1, -0.05) is 72.8 Å². The minimum absolute atomic E-state index is 0. The van der Waals surface area contributed by atoms with Crippen molar-refractivity contribution in [2.75, 3.05) is 20.6 Å². The number of halogens is 1. The first-order valence-electron chi connectivity index (χ1n) is 9.61. The molecule has 4 heteroatoms. The van der Waals surface area contributed by atoms with Crippen LogP contribution in [0, 0.1) is 5.92 Å². The fourth-order valence-corrected chi connectivity index (χ4v) is 3.30. The summed E-state index contributed by atoms with van der Waals surface area (Å²) < 4.78 is 5.90. The number of ketones is 1. The molecule has 3 aromatic carbocycles. The van der Waals surface area contributed by atoms with Gasteiger partial charge in [0.15, 0.2) is 5.78 Å². The number of nitrogens with zero attached hydrogens (tertiary/aromatic N) is 1. The van der Waals surface area contributed by atoms with E-state index in [-0.39, 0.29) is 24.1 Å². The average Bonchev–Trinajstić information content (AvgIpc) is 2.73. The van der Waals surface area contributed by atoms with E-state index in [0.29, 0.717) is 18.7 Å². The van der Waals surface area contributed by atoms with Crippen molar-refractivity contribution >= 4 is 18.2 Å². The Morgan fingerprint density at radius 2 is 1.48 bits per heavy atom. The van der Waals surface area contributed by atoms with Gasteiger partial charge in [0.05, 0.1) is 0 Å². The lowest BCUT2D eigenvalue weighted by molar-refractivity contribution is 0.0896. The largest absolute Gasteiger partial charge is 0.489 e. The Balaban J connectivity index is 0.00000300. The number of ether oxygens (including phenoxy) is 1. The number of Topliss-reactive ketones (excluding diaryl/α,β-unsaturated/α-hetero) is 1. The van der Waals surface area contributed by atoms with Gasteiger partial charge in [-0.05, 0) is 43.8 Å². The van der Waals surface area contributed by atoms with Crippen molar-refractivity contribution in [1.82, 2.24) is 4.90 Å². The molecule has 0 aliphatic heterocycles. The van der Waals surface area contributed by atoms with E-state index in [2.05, 4.69) is 17.0 Å². The third-order valence-corrected chi connectivity index (χ3v) is 4.65. The van der Waals surface area contributed by atoms with E-state index in [1.165, 1.54) is 5.56 Å². The Hall–Kier alpha value is -2.62. The fourth-order valence-electron chi connectivity index (χ4n) is 3.30. The van der Waals surface area contributed by atoms with E-state index >= 15 is 0 Å².